The molecule has 0 spiro atoms. The molecule has 7 heteroatoms. The molecule has 0 aliphatic carbocycles. The van der Waals surface area contributed by atoms with Gasteiger partial charge < -0.3 is 4.98 Å². The zero-order valence-electron chi connectivity index (χ0n) is 12.3. The summed E-state index contributed by atoms with van der Waals surface area (Å²) in [7, 11) is 0. The van der Waals surface area contributed by atoms with Crippen molar-refractivity contribution in [3.05, 3.63) is 60.4 Å². The first-order valence-corrected chi connectivity index (χ1v) is 8.16. The van der Waals surface area contributed by atoms with Gasteiger partial charge in [0.25, 0.3) is 0 Å². The van der Waals surface area contributed by atoms with Crippen molar-refractivity contribution in [1.82, 2.24) is 24.8 Å². The third-order valence-electron chi connectivity index (χ3n) is 3.85. The molecule has 0 fully saturated rings. The van der Waals surface area contributed by atoms with Gasteiger partial charge >= 0.3 is 0 Å². The number of H-pyrrole nitrogens is 1. The quantitative estimate of drug-likeness (QED) is 0.527. The molecule has 3 aromatic heterocycles. The van der Waals surface area contributed by atoms with E-state index in [1.54, 1.807) is 16.6 Å². The molecular weight excluding hydrogens is 325 g/mol. The Balaban J connectivity index is 1.65. The molecule has 116 valence electrons. The molecule has 0 radical (unpaired) electrons. The van der Waals surface area contributed by atoms with Crippen molar-refractivity contribution in [2.45, 2.75) is 0 Å². The first kappa shape index (κ1) is 13.4. The first-order valence-electron chi connectivity index (χ1n) is 7.34. The van der Waals surface area contributed by atoms with Crippen LogP contribution in [0.15, 0.2) is 54.6 Å². The predicted octanol–water partition coefficient (Wildman–Crippen LogP) is 4.14. The minimum atomic E-state index is -0.281. The number of benzene rings is 2. The van der Waals surface area contributed by atoms with Crippen molar-refractivity contribution in [3.8, 4) is 22.1 Å². The highest BCUT2D eigenvalue weighted by Crippen LogP contribution is 2.29. The number of para-hydroxylation sites is 1. The zero-order chi connectivity index (χ0) is 16.1. The second-order valence-electron chi connectivity index (χ2n) is 5.40. The third kappa shape index (κ3) is 2.02. The minimum absolute atomic E-state index is 0.281. The Bertz CT molecular complexity index is 1140. The van der Waals surface area contributed by atoms with E-state index in [2.05, 4.69) is 32.4 Å². The maximum absolute atomic E-state index is 13.1. The number of aromatic nitrogens is 5. The van der Waals surface area contributed by atoms with E-state index in [9.17, 15) is 4.39 Å². The molecule has 5 nitrogen and oxygen atoms in total. The molecule has 0 aliphatic rings. The lowest BCUT2D eigenvalue weighted by atomic mass is 10.2. The summed E-state index contributed by atoms with van der Waals surface area (Å²) in [5, 5.41) is 14.9. The molecule has 3 heterocycles. The highest BCUT2D eigenvalue weighted by molar-refractivity contribution is 7.19. The van der Waals surface area contributed by atoms with Crippen LogP contribution in [0.1, 0.15) is 0 Å². The summed E-state index contributed by atoms with van der Waals surface area (Å²) in [6.45, 7) is 0. The molecule has 0 saturated heterocycles. The van der Waals surface area contributed by atoms with Gasteiger partial charge in [0.2, 0.25) is 4.96 Å². The number of nitrogens with zero attached hydrogens (tertiary/aromatic N) is 4. The Morgan fingerprint density at radius 3 is 2.67 bits per heavy atom. The number of rotatable bonds is 2. The molecule has 0 atom stereocenters. The number of hydrogen-bond donors (Lipinski definition) is 1. The van der Waals surface area contributed by atoms with Crippen LogP contribution in [-0.2, 0) is 0 Å². The van der Waals surface area contributed by atoms with Crippen molar-refractivity contribution < 1.29 is 4.39 Å². The van der Waals surface area contributed by atoms with Crippen molar-refractivity contribution in [2.75, 3.05) is 0 Å². The molecule has 2 aromatic carbocycles. The summed E-state index contributed by atoms with van der Waals surface area (Å²) in [6, 6.07) is 16.3. The molecule has 0 bridgehead atoms. The van der Waals surface area contributed by atoms with Crippen LogP contribution in [0, 0.1) is 5.82 Å². The van der Waals surface area contributed by atoms with Gasteiger partial charge in [-0.15, -0.1) is 10.2 Å². The molecule has 5 rings (SSSR count). The van der Waals surface area contributed by atoms with Crippen LogP contribution in [0.3, 0.4) is 0 Å². The molecule has 5 aromatic rings. The topological polar surface area (TPSA) is 58.9 Å². The second kappa shape index (κ2) is 4.97. The van der Waals surface area contributed by atoms with Crippen molar-refractivity contribution in [1.29, 1.82) is 0 Å². The van der Waals surface area contributed by atoms with E-state index in [1.807, 2.05) is 18.2 Å². The SMILES string of the molecule is Fc1ccc(-c2nnc3sc(-c4cc5ccccc5[nH]4)nn23)cc1. The maximum Gasteiger partial charge on any atom is 0.235 e. The smallest absolute Gasteiger partial charge is 0.235 e. The number of halogens is 1. The van der Waals surface area contributed by atoms with Crippen molar-refractivity contribution in [2.24, 2.45) is 0 Å². The predicted molar refractivity (Wildman–Crippen MR) is 91.3 cm³/mol. The number of hydrogen-bond acceptors (Lipinski definition) is 4. The lowest BCUT2D eigenvalue weighted by Crippen LogP contribution is -1.91. The summed E-state index contributed by atoms with van der Waals surface area (Å²) >= 11 is 1.46. The molecular formula is C17H10FN5S. The minimum Gasteiger partial charge on any atom is -0.353 e. The average molecular weight is 335 g/mol. The Kier molecular flexibility index (Phi) is 2.77. The number of aromatic amines is 1. The summed E-state index contributed by atoms with van der Waals surface area (Å²) in [5.41, 5.74) is 2.78. The van der Waals surface area contributed by atoms with Crippen LogP contribution in [0.5, 0.6) is 0 Å². The molecule has 0 amide bonds. The van der Waals surface area contributed by atoms with Gasteiger partial charge in [0.15, 0.2) is 10.8 Å². The van der Waals surface area contributed by atoms with E-state index in [0.29, 0.717) is 10.8 Å². The van der Waals surface area contributed by atoms with Gasteiger partial charge in [0.1, 0.15) is 5.82 Å². The van der Waals surface area contributed by atoms with E-state index in [0.717, 1.165) is 27.2 Å². The molecule has 0 unspecified atom stereocenters. The highest BCUT2D eigenvalue weighted by atomic mass is 32.1. The molecule has 0 aliphatic heterocycles. The van der Waals surface area contributed by atoms with Gasteiger partial charge in [-0.1, -0.05) is 29.5 Å². The largest absolute Gasteiger partial charge is 0.353 e. The van der Waals surface area contributed by atoms with E-state index in [4.69, 9.17) is 0 Å². The molecule has 1 N–H and O–H groups in total. The second-order valence-corrected chi connectivity index (χ2v) is 6.36. The van der Waals surface area contributed by atoms with Crippen molar-refractivity contribution in [3.63, 3.8) is 0 Å². The normalized spacial score (nSPS) is 11.5. The molecule has 0 saturated carbocycles. The van der Waals surface area contributed by atoms with Crippen LogP contribution in [0.4, 0.5) is 4.39 Å². The fourth-order valence-electron chi connectivity index (χ4n) is 2.69. The fraction of sp³-hybridized carbons (Fsp3) is 0. The zero-order valence-corrected chi connectivity index (χ0v) is 13.1. The van der Waals surface area contributed by atoms with E-state index in [1.165, 1.54) is 23.5 Å². The number of nitrogens with one attached hydrogen (secondary N) is 1. The van der Waals surface area contributed by atoms with E-state index < -0.39 is 0 Å². The monoisotopic (exact) mass is 335 g/mol. The number of fused-ring (bicyclic) bond motifs is 2. The van der Waals surface area contributed by atoms with Crippen LogP contribution in [0.25, 0.3) is 38.0 Å². The third-order valence-corrected chi connectivity index (χ3v) is 4.79. The molecule has 24 heavy (non-hydrogen) atoms. The first-order chi connectivity index (χ1) is 11.8. The standard InChI is InChI=1S/C17H10FN5S/c18-12-7-5-10(6-8-12)15-20-21-17-23(15)22-16(24-17)14-9-11-3-1-2-4-13(11)19-14/h1-9,19H. The fourth-order valence-corrected chi connectivity index (χ4v) is 3.50. The Morgan fingerprint density at radius 2 is 1.83 bits per heavy atom. The van der Waals surface area contributed by atoms with E-state index in [-0.39, 0.29) is 5.82 Å². The van der Waals surface area contributed by atoms with E-state index >= 15 is 0 Å². The highest BCUT2D eigenvalue weighted by Gasteiger charge is 2.15. The van der Waals surface area contributed by atoms with Gasteiger partial charge in [-0.25, -0.2) is 4.39 Å². The maximum atomic E-state index is 13.1. The summed E-state index contributed by atoms with van der Waals surface area (Å²) in [4.78, 5) is 4.06. The summed E-state index contributed by atoms with van der Waals surface area (Å²) < 4.78 is 14.8. The van der Waals surface area contributed by atoms with Crippen LogP contribution in [-0.4, -0.2) is 24.8 Å². The Labute approximate surface area is 139 Å². The van der Waals surface area contributed by atoms with Crippen LogP contribution >= 0.6 is 11.3 Å². The van der Waals surface area contributed by atoms with Gasteiger partial charge in [0, 0.05) is 16.5 Å². The van der Waals surface area contributed by atoms with Gasteiger partial charge in [-0.2, -0.15) is 9.61 Å². The average Bonchev–Trinajstić information content (AvgIpc) is 3.28. The lowest BCUT2D eigenvalue weighted by Gasteiger charge is -1.96. The summed E-state index contributed by atoms with van der Waals surface area (Å²) in [6.07, 6.45) is 0. The van der Waals surface area contributed by atoms with Crippen LogP contribution in [0.2, 0.25) is 0 Å². The Hall–Kier alpha value is -3.06. The van der Waals surface area contributed by atoms with Crippen LogP contribution < -0.4 is 0 Å². The van der Waals surface area contributed by atoms with Gasteiger partial charge in [-0.05, 0) is 36.4 Å². The van der Waals surface area contributed by atoms with Crippen molar-refractivity contribution >= 4 is 27.2 Å². The van der Waals surface area contributed by atoms with Gasteiger partial charge in [0.05, 0.1) is 5.69 Å². The lowest BCUT2D eigenvalue weighted by molar-refractivity contribution is 0.628. The summed E-state index contributed by atoms with van der Waals surface area (Å²) in [5.74, 6) is 0.320. The van der Waals surface area contributed by atoms with Gasteiger partial charge in [-0.3, -0.25) is 0 Å². The Morgan fingerprint density at radius 1 is 1.00 bits per heavy atom.